The summed E-state index contributed by atoms with van der Waals surface area (Å²) in [6.45, 7) is 9.93. The number of amides is 1. The first kappa shape index (κ1) is 29.1. The largest absolute Gasteiger partial charge is 0.493 e. The number of ether oxygens (including phenoxy) is 2. The second-order valence-electron chi connectivity index (χ2n) is 10.8. The van der Waals surface area contributed by atoms with E-state index in [0.29, 0.717) is 46.7 Å². The molecule has 0 aliphatic rings. The highest BCUT2D eigenvalue weighted by Crippen LogP contribution is 2.33. The van der Waals surface area contributed by atoms with Gasteiger partial charge >= 0.3 is 0 Å². The molecule has 210 valence electrons. The topological polar surface area (TPSA) is 86.5 Å². The average molecular weight is 563 g/mol. The van der Waals surface area contributed by atoms with Crippen molar-refractivity contribution in [2.45, 2.75) is 45.4 Å². The molecular weight excluding hydrogens is 527 g/mol. The summed E-state index contributed by atoms with van der Waals surface area (Å²) >= 11 is 0. The third-order valence-electron chi connectivity index (χ3n) is 6.63. The smallest absolute Gasteiger partial charge is 0.254 e. The van der Waals surface area contributed by atoms with Gasteiger partial charge in [-0.05, 0) is 48.9 Å². The van der Waals surface area contributed by atoms with E-state index in [2.05, 4.69) is 29.7 Å². The Morgan fingerprint density at radius 3 is 2.65 bits per heavy atom. The van der Waals surface area contributed by atoms with Crippen molar-refractivity contribution >= 4 is 31.2 Å². The van der Waals surface area contributed by atoms with Crippen molar-refractivity contribution in [2.75, 3.05) is 20.3 Å². The van der Waals surface area contributed by atoms with Gasteiger partial charge in [0.2, 0.25) is 0 Å². The first-order valence-electron chi connectivity index (χ1n) is 13.3. The van der Waals surface area contributed by atoms with Crippen LogP contribution in [0, 0.1) is 5.82 Å². The Kier molecular flexibility index (Phi) is 9.11. The van der Waals surface area contributed by atoms with Crippen LogP contribution in [-0.2, 0) is 16.3 Å². The Labute approximate surface area is 234 Å². The number of pyridine rings is 1. The molecule has 0 fully saturated rings. The maximum absolute atomic E-state index is 13.9. The molecule has 0 saturated heterocycles. The molecule has 0 radical (unpaired) electrons. The predicted octanol–water partition coefficient (Wildman–Crippen LogP) is 5.96. The number of aromatic nitrogens is 3. The van der Waals surface area contributed by atoms with Crippen LogP contribution in [0.3, 0.4) is 0 Å². The average Bonchev–Trinajstić information content (AvgIpc) is 3.34. The number of carbonyl (C=O) groups excluding carboxylic acids is 2. The number of rotatable bonds is 12. The lowest BCUT2D eigenvalue weighted by Crippen LogP contribution is -2.32. The zero-order chi connectivity index (χ0) is 28.9. The fourth-order valence-corrected chi connectivity index (χ4v) is 5.20. The van der Waals surface area contributed by atoms with Gasteiger partial charge in [0, 0.05) is 56.2 Å². The first-order chi connectivity index (χ1) is 19.1. The lowest BCUT2D eigenvalue weighted by Gasteiger charge is -2.25. The van der Waals surface area contributed by atoms with E-state index >= 15 is 0 Å². The highest BCUT2D eigenvalue weighted by Gasteiger charge is 2.27. The van der Waals surface area contributed by atoms with Crippen LogP contribution in [0.15, 0.2) is 61.1 Å². The molecule has 2 heterocycles. The maximum Gasteiger partial charge on any atom is 0.254 e. The third-order valence-corrected chi connectivity index (χ3v) is 8.33. The molecule has 4 aromatic rings. The molecule has 2 aromatic heterocycles. The van der Waals surface area contributed by atoms with E-state index in [1.165, 1.54) is 17.0 Å². The van der Waals surface area contributed by atoms with Gasteiger partial charge in [0.15, 0.2) is 0 Å². The Hall–Kier alpha value is -3.89. The summed E-state index contributed by atoms with van der Waals surface area (Å²) < 4.78 is 27.3. The van der Waals surface area contributed by atoms with Crippen molar-refractivity contribution in [3.63, 3.8) is 0 Å². The standard InChI is InChI=1S/C30H35FN4O4Si/c1-6-39-28-15-22(10-11-25(28)21-8-7-9-24(31)14-21)30(37)34(2)27(19-36)26-18-32-16-23-17-33-35(29(23)26)20-38-12-13-40(3,4)5/h7-11,14-19,27H,6,12-13,20H2,1-5H3. The quantitative estimate of drug-likeness (QED) is 0.120. The number of fused-ring (bicyclic) bond motifs is 1. The van der Waals surface area contributed by atoms with Gasteiger partial charge in [0.1, 0.15) is 30.6 Å². The minimum absolute atomic E-state index is 0.230. The number of aldehydes is 1. The second-order valence-corrected chi connectivity index (χ2v) is 16.4. The van der Waals surface area contributed by atoms with Crippen molar-refractivity contribution in [3.05, 3.63) is 78.0 Å². The molecular formula is C30H35FN4O4Si. The Morgan fingerprint density at radius 1 is 1.15 bits per heavy atom. The van der Waals surface area contributed by atoms with Crippen LogP contribution < -0.4 is 4.74 Å². The molecule has 10 heteroatoms. The summed E-state index contributed by atoms with van der Waals surface area (Å²) in [5, 5.41) is 5.19. The summed E-state index contributed by atoms with van der Waals surface area (Å²) in [6, 6.07) is 11.3. The highest BCUT2D eigenvalue weighted by atomic mass is 28.3. The fourth-order valence-electron chi connectivity index (χ4n) is 4.44. The molecule has 1 atom stereocenters. The second kappa shape index (κ2) is 12.5. The van der Waals surface area contributed by atoms with Crippen molar-refractivity contribution in [3.8, 4) is 16.9 Å². The lowest BCUT2D eigenvalue weighted by molar-refractivity contribution is -0.111. The molecule has 0 aliphatic heterocycles. The Bertz CT molecular complexity index is 1500. The molecule has 4 rings (SSSR count). The van der Waals surface area contributed by atoms with Gasteiger partial charge in [-0.2, -0.15) is 5.10 Å². The van der Waals surface area contributed by atoms with Crippen LogP contribution in [0.4, 0.5) is 4.39 Å². The van der Waals surface area contributed by atoms with Gasteiger partial charge in [-0.25, -0.2) is 9.07 Å². The summed E-state index contributed by atoms with van der Waals surface area (Å²) in [5.74, 6) is -0.289. The van der Waals surface area contributed by atoms with Crippen LogP contribution in [0.1, 0.15) is 28.9 Å². The first-order valence-corrected chi connectivity index (χ1v) is 17.0. The SMILES string of the molecule is CCOc1cc(C(=O)N(C)C(C=O)c2cncc3cnn(COCC[Si](C)(C)C)c23)ccc1-c1cccc(F)c1. The van der Waals surface area contributed by atoms with Gasteiger partial charge in [-0.3, -0.25) is 9.78 Å². The third kappa shape index (κ3) is 6.63. The van der Waals surface area contributed by atoms with Crippen LogP contribution >= 0.6 is 0 Å². The van der Waals surface area contributed by atoms with Crippen molar-refractivity contribution < 1.29 is 23.5 Å². The zero-order valence-corrected chi connectivity index (χ0v) is 24.6. The van der Waals surface area contributed by atoms with E-state index in [9.17, 15) is 14.0 Å². The van der Waals surface area contributed by atoms with E-state index in [-0.39, 0.29) is 18.5 Å². The number of likely N-dealkylation sites (N-methyl/N-ethyl adjacent to an activating group) is 1. The Balaban J connectivity index is 1.62. The van der Waals surface area contributed by atoms with E-state index in [0.717, 1.165) is 17.7 Å². The van der Waals surface area contributed by atoms with Crippen molar-refractivity contribution in [1.82, 2.24) is 19.7 Å². The molecule has 0 spiro atoms. The molecule has 0 N–H and O–H groups in total. The van der Waals surface area contributed by atoms with Crippen LogP contribution in [0.5, 0.6) is 5.75 Å². The zero-order valence-electron chi connectivity index (χ0n) is 23.6. The van der Waals surface area contributed by atoms with E-state index in [4.69, 9.17) is 9.47 Å². The van der Waals surface area contributed by atoms with Crippen molar-refractivity contribution in [2.24, 2.45) is 0 Å². The molecule has 1 unspecified atom stereocenters. The Morgan fingerprint density at radius 2 is 1.95 bits per heavy atom. The summed E-state index contributed by atoms with van der Waals surface area (Å²) in [6.07, 6.45) is 5.66. The number of benzene rings is 2. The normalized spacial score (nSPS) is 12.3. The minimum Gasteiger partial charge on any atom is -0.493 e. The summed E-state index contributed by atoms with van der Waals surface area (Å²) in [5.41, 5.74) is 2.88. The minimum atomic E-state index is -1.24. The van der Waals surface area contributed by atoms with E-state index in [1.54, 1.807) is 60.7 Å². The van der Waals surface area contributed by atoms with Crippen LogP contribution in [0.25, 0.3) is 22.0 Å². The number of nitrogens with zero attached hydrogens (tertiary/aromatic N) is 4. The van der Waals surface area contributed by atoms with Crippen LogP contribution in [0.2, 0.25) is 25.7 Å². The van der Waals surface area contributed by atoms with E-state index < -0.39 is 14.1 Å². The van der Waals surface area contributed by atoms with Gasteiger partial charge in [0.25, 0.3) is 5.91 Å². The number of carbonyl (C=O) groups is 2. The monoisotopic (exact) mass is 562 g/mol. The summed E-state index contributed by atoms with van der Waals surface area (Å²) in [7, 11) is 0.332. The molecule has 2 aromatic carbocycles. The molecule has 8 nitrogen and oxygen atoms in total. The van der Waals surface area contributed by atoms with Gasteiger partial charge < -0.3 is 19.2 Å². The van der Waals surface area contributed by atoms with Gasteiger partial charge in [-0.15, -0.1) is 0 Å². The number of hydrogen-bond donors (Lipinski definition) is 0. The molecule has 0 saturated carbocycles. The van der Waals surface area contributed by atoms with Crippen LogP contribution in [-0.4, -0.2) is 60.2 Å². The number of hydrogen-bond acceptors (Lipinski definition) is 6. The predicted molar refractivity (Wildman–Crippen MR) is 156 cm³/mol. The van der Waals surface area contributed by atoms with Gasteiger partial charge in [0.05, 0.1) is 18.3 Å². The van der Waals surface area contributed by atoms with E-state index in [1.807, 2.05) is 6.92 Å². The summed E-state index contributed by atoms with van der Waals surface area (Å²) in [4.78, 5) is 31.7. The van der Waals surface area contributed by atoms with Crippen molar-refractivity contribution in [1.29, 1.82) is 0 Å². The number of halogens is 1. The fraction of sp³-hybridized carbons (Fsp3) is 0.333. The lowest BCUT2D eigenvalue weighted by atomic mass is 10.0. The molecule has 0 aliphatic carbocycles. The molecule has 1 amide bonds. The molecule has 40 heavy (non-hydrogen) atoms. The van der Waals surface area contributed by atoms with Gasteiger partial charge in [-0.1, -0.05) is 31.8 Å². The molecule has 0 bridgehead atoms. The maximum atomic E-state index is 13.9. The highest BCUT2D eigenvalue weighted by molar-refractivity contribution is 6.76.